The van der Waals surface area contributed by atoms with Crippen LogP contribution in [-0.4, -0.2) is 52.2 Å². The predicted octanol–water partition coefficient (Wildman–Crippen LogP) is 10.2. The van der Waals surface area contributed by atoms with Gasteiger partial charge >= 0.3 is 0 Å². The van der Waals surface area contributed by atoms with E-state index in [0.29, 0.717) is 11.5 Å². The first-order chi connectivity index (χ1) is 27.3. The number of hydrogen-bond donors (Lipinski definition) is 2. The summed E-state index contributed by atoms with van der Waals surface area (Å²) in [7, 11) is -4.05. The first-order valence-corrected chi connectivity index (χ1v) is 22.2. The van der Waals surface area contributed by atoms with Gasteiger partial charge < -0.3 is 15.0 Å². The number of thiophene rings is 1. The number of benzene rings is 4. The van der Waals surface area contributed by atoms with E-state index in [1.807, 2.05) is 37.3 Å². The van der Waals surface area contributed by atoms with Crippen LogP contribution in [0.5, 0.6) is 0 Å². The van der Waals surface area contributed by atoms with Crippen molar-refractivity contribution in [3.63, 3.8) is 0 Å². The number of nitrogens with one attached hydrogen (secondary N) is 2. The highest BCUT2D eigenvalue weighted by Crippen LogP contribution is 2.39. The number of anilines is 2. The van der Waals surface area contributed by atoms with Crippen LogP contribution in [0.3, 0.4) is 0 Å². The van der Waals surface area contributed by atoms with Gasteiger partial charge in [-0.2, -0.15) is 0 Å². The van der Waals surface area contributed by atoms with Crippen LogP contribution in [0.25, 0.3) is 37.7 Å². The summed E-state index contributed by atoms with van der Waals surface area (Å²) in [5, 5.41) is 6.61. The molecule has 4 aromatic carbocycles. The van der Waals surface area contributed by atoms with Gasteiger partial charge in [0.25, 0.3) is 15.9 Å². The van der Waals surface area contributed by atoms with Crippen molar-refractivity contribution in [2.45, 2.75) is 37.5 Å². The summed E-state index contributed by atoms with van der Waals surface area (Å²) in [6.45, 7) is 5.95. The molecule has 0 spiro atoms. The second-order valence-electron chi connectivity index (χ2n) is 14.3. The van der Waals surface area contributed by atoms with Crippen molar-refractivity contribution in [1.29, 1.82) is 0 Å². The normalized spacial score (nSPS) is 15.1. The fourth-order valence-corrected chi connectivity index (χ4v) is 10.3. The average Bonchev–Trinajstić information content (AvgIpc) is 3.93. The van der Waals surface area contributed by atoms with E-state index in [9.17, 15) is 13.2 Å². The molecule has 0 unspecified atom stereocenters. The Morgan fingerprint density at radius 2 is 1.62 bits per heavy atom. The zero-order valence-electron chi connectivity index (χ0n) is 31.2. The number of thiazole rings is 1. The number of nitrogens with zero attached hydrogens (tertiary/aromatic N) is 2. The molecule has 6 aromatic rings. The highest BCUT2D eigenvalue weighted by molar-refractivity contribution is 7.90. The smallest absolute Gasteiger partial charge is 0.264 e. The number of hydrogen-bond acceptors (Lipinski definition) is 9. The molecule has 2 aromatic heterocycles. The lowest BCUT2D eigenvalue weighted by Crippen LogP contribution is -2.31. The van der Waals surface area contributed by atoms with Crippen LogP contribution in [-0.2, 0) is 14.8 Å². The monoisotopic (exact) mass is 800 g/mol. The molecule has 0 saturated carbocycles. The van der Waals surface area contributed by atoms with Gasteiger partial charge in [-0.3, -0.25) is 4.79 Å². The van der Waals surface area contributed by atoms with Gasteiger partial charge in [0.2, 0.25) is 0 Å². The van der Waals surface area contributed by atoms with Gasteiger partial charge in [0.05, 0.1) is 15.5 Å². The summed E-state index contributed by atoms with van der Waals surface area (Å²) < 4.78 is 34.1. The van der Waals surface area contributed by atoms with Crippen LogP contribution in [0.4, 0.5) is 11.4 Å². The van der Waals surface area contributed by atoms with Crippen LogP contribution in [0.1, 0.15) is 47.2 Å². The number of piperidine rings is 1. The Balaban J connectivity index is 0.866. The van der Waals surface area contributed by atoms with Gasteiger partial charge in [-0.15, -0.1) is 22.7 Å². The number of ether oxygens (including phenoxy) is 1. The standard InChI is InChI=1S/C45H44N4O4S3/c1-31-27-38(15-16-40(31)46-29-33-21-25-53-26-22-33)56(51,52)48-44(50)35-11-13-37(14-12-35)49-23-19-32(20-24-49)28-36-9-5-6-10-39(36)42-17-18-43(55-42)45-47-41(30-54-45)34-7-3-2-4-8-34/h2-18,27-28,30,33,46H,19-26,29H2,1H3,(H,48,50). The van der Waals surface area contributed by atoms with Crippen molar-refractivity contribution in [1.82, 2.24) is 9.71 Å². The molecule has 2 aliphatic heterocycles. The lowest BCUT2D eigenvalue weighted by molar-refractivity contribution is 0.0699. The zero-order chi connectivity index (χ0) is 38.5. The zero-order valence-corrected chi connectivity index (χ0v) is 33.7. The fraction of sp³-hybridized carbons (Fsp3) is 0.244. The van der Waals surface area contributed by atoms with Gasteiger partial charge in [-0.05, 0) is 110 Å². The lowest BCUT2D eigenvalue weighted by atomic mass is 9.97. The average molecular weight is 801 g/mol. The van der Waals surface area contributed by atoms with Gasteiger partial charge in [-0.25, -0.2) is 18.1 Å². The highest BCUT2D eigenvalue weighted by Gasteiger charge is 2.22. The Morgan fingerprint density at radius 1 is 0.893 bits per heavy atom. The number of aromatic nitrogens is 1. The van der Waals surface area contributed by atoms with Crippen molar-refractivity contribution in [2.75, 3.05) is 43.1 Å². The molecule has 0 bridgehead atoms. The molecule has 1 amide bonds. The summed E-state index contributed by atoms with van der Waals surface area (Å²) in [6, 6.07) is 35.4. The summed E-state index contributed by atoms with van der Waals surface area (Å²) in [5.41, 5.74) is 8.97. The van der Waals surface area contributed by atoms with Crippen LogP contribution in [0.2, 0.25) is 0 Å². The topological polar surface area (TPSA) is 101 Å². The van der Waals surface area contributed by atoms with E-state index in [4.69, 9.17) is 9.72 Å². The number of carbonyl (C=O) groups is 1. The van der Waals surface area contributed by atoms with Crippen molar-refractivity contribution < 1.29 is 17.9 Å². The molecule has 2 aliphatic rings. The Hall–Kier alpha value is -5.07. The molecule has 2 fully saturated rings. The van der Waals surface area contributed by atoms with E-state index in [1.165, 1.54) is 26.5 Å². The van der Waals surface area contributed by atoms with Crippen molar-refractivity contribution in [3.05, 3.63) is 137 Å². The number of rotatable bonds is 11. The van der Waals surface area contributed by atoms with Crippen molar-refractivity contribution >= 4 is 56.1 Å². The molecule has 286 valence electrons. The van der Waals surface area contributed by atoms with Gasteiger partial charge in [0.15, 0.2) is 0 Å². The molecular formula is C45H44N4O4S3. The highest BCUT2D eigenvalue weighted by atomic mass is 32.2. The minimum atomic E-state index is -4.05. The molecule has 0 atom stereocenters. The van der Waals surface area contributed by atoms with Crippen LogP contribution >= 0.6 is 22.7 Å². The van der Waals surface area contributed by atoms with Crippen LogP contribution in [0, 0.1) is 12.8 Å². The van der Waals surface area contributed by atoms with Crippen molar-refractivity contribution in [2.24, 2.45) is 5.92 Å². The lowest BCUT2D eigenvalue weighted by Gasteiger charge is -2.30. The van der Waals surface area contributed by atoms with E-state index in [2.05, 4.69) is 74.9 Å². The molecule has 8 rings (SSSR count). The quantitative estimate of drug-likeness (QED) is 0.135. The van der Waals surface area contributed by atoms with Crippen LogP contribution in [0.15, 0.2) is 125 Å². The third-order valence-corrected chi connectivity index (χ3v) is 14.0. The van der Waals surface area contributed by atoms with Gasteiger partial charge in [0.1, 0.15) is 5.01 Å². The molecule has 8 nitrogen and oxygen atoms in total. The Kier molecular flexibility index (Phi) is 11.5. The van der Waals surface area contributed by atoms with E-state index in [-0.39, 0.29) is 4.90 Å². The molecule has 4 heterocycles. The first-order valence-electron chi connectivity index (χ1n) is 19.0. The van der Waals surface area contributed by atoms with Gasteiger partial charge in [-0.1, -0.05) is 66.2 Å². The Bertz CT molecular complexity index is 2440. The molecule has 2 N–H and O–H groups in total. The SMILES string of the molecule is Cc1cc(S(=O)(=O)NC(=O)c2ccc(N3CCC(=Cc4ccccc4-c4ccc(-c5nc(-c6ccccc6)cs5)s4)CC3)cc2)ccc1NCC1CCOCC1. The molecular weight excluding hydrogens is 757 g/mol. The van der Waals surface area contributed by atoms with E-state index in [1.54, 1.807) is 53.0 Å². The maximum absolute atomic E-state index is 13.2. The maximum atomic E-state index is 13.2. The molecule has 11 heteroatoms. The third kappa shape index (κ3) is 8.81. The van der Waals surface area contributed by atoms with Gasteiger partial charge in [0, 0.05) is 65.6 Å². The second-order valence-corrected chi connectivity index (χ2v) is 18.0. The minimum absolute atomic E-state index is 0.0600. The van der Waals surface area contributed by atoms with Crippen molar-refractivity contribution in [3.8, 4) is 31.6 Å². The summed E-state index contributed by atoms with van der Waals surface area (Å²) in [6.07, 6.45) is 6.23. The van der Waals surface area contributed by atoms with E-state index < -0.39 is 15.9 Å². The fourth-order valence-electron chi connectivity index (χ4n) is 7.26. The number of carbonyl (C=O) groups excluding carboxylic acids is 1. The first kappa shape index (κ1) is 37.8. The molecule has 0 aliphatic carbocycles. The number of amides is 1. The number of aryl methyl sites for hydroxylation is 1. The summed E-state index contributed by atoms with van der Waals surface area (Å²) in [5.74, 6) is -0.119. The Labute approximate surface area is 337 Å². The van der Waals surface area contributed by atoms with E-state index in [0.717, 1.165) is 91.7 Å². The molecule has 0 radical (unpaired) electrons. The maximum Gasteiger partial charge on any atom is 0.264 e. The Morgan fingerprint density at radius 3 is 2.39 bits per heavy atom. The van der Waals surface area contributed by atoms with E-state index >= 15 is 0 Å². The largest absolute Gasteiger partial charge is 0.385 e. The minimum Gasteiger partial charge on any atom is -0.385 e. The summed E-state index contributed by atoms with van der Waals surface area (Å²) in [4.78, 5) is 22.8. The summed E-state index contributed by atoms with van der Waals surface area (Å²) >= 11 is 3.46. The number of sulfonamides is 1. The second kappa shape index (κ2) is 17.0. The molecule has 2 saturated heterocycles. The predicted molar refractivity (Wildman–Crippen MR) is 230 cm³/mol. The third-order valence-electron chi connectivity index (χ3n) is 10.5. The molecule has 56 heavy (non-hydrogen) atoms. The van der Waals surface area contributed by atoms with Crippen LogP contribution < -0.4 is 14.9 Å².